The van der Waals surface area contributed by atoms with Gasteiger partial charge >= 0.3 is 0 Å². The van der Waals surface area contributed by atoms with Crippen LogP contribution in [0.5, 0.6) is 0 Å². The molecule has 12 heteroatoms. The van der Waals surface area contributed by atoms with E-state index in [1.165, 1.54) is 4.90 Å². The number of alkyl halides is 1. The third-order valence-electron chi connectivity index (χ3n) is 8.34. The van der Waals surface area contributed by atoms with E-state index in [1.807, 2.05) is 61.5 Å². The lowest BCUT2D eigenvalue weighted by molar-refractivity contribution is -0.146. The molecular formula is C28H31BrN6O5. The van der Waals surface area contributed by atoms with Gasteiger partial charge < -0.3 is 25.4 Å². The van der Waals surface area contributed by atoms with E-state index in [9.17, 15) is 19.5 Å². The summed E-state index contributed by atoms with van der Waals surface area (Å²) in [4.78, 5) is 43.0. The Kier molecular flexibility index (Phi) is 7.09. The molecule has 3 amide bonds. The highest BCUT2D eigenvalue weighted by Gasteiger charge is 2.77. The number of benzene rings is 2. The summed E-state index contributed by atoms with van der Waals surface area (Å²) in [5, 5.41) is 24.7. The van der Waals surface area contributed by atoms with Gasteiger partial charge in [0.25, 0.3) is 0 Å². The number of fused-ring (bicyclic) bond motifs is 2. The average molecular weight is 611 g/mol. The van der Waals surface area contributed by atoms with Crippen LogP contribution in [0.2, 0.25) is 0 Å². The second-order valence-corrected chi connectivity index (χ2v) is 11.8. The summed E-state index contributed by atoms with van der Waals surface area (Å²) in [6, 6.07) is 14.6. The average Bonchev–Trinajstić information content (AvgIpc) is 3.69. The molecule has 0 radical (unpaired) electrons. The number of likely N-dealkylation sites (tertiary alicyclic amines) is 1. The summed E-state index contributed by atoms with van der Waals surface area (Å²) in [5.74, 6) is -2.69. The Morgan fingerprint density at radius 2 is 1.90 bits per heavy atom. The first kappa shape index (κ1) is 26.9. The topological polar surface area (TPSA) is 139 Å². The molecule has 3 fully saturated rings. The number of hydrogen-bond acceptors (Lipinski definition) is 7. The van der Waals surface area contributed by atoms with Gasteiger partial charge in [0.05, 0.1) is 36.1 Å². The summed E-state index contributed by atoms with van der Waals surface area (Å²) in [7, 11) is 0. The molecule has 1 spiro atoms. The van der Waals surface area contributed by atoms with E-state index in [1.54, 1.807) is 4.68 Å². The molecule has 3 aliphatic heterocycles. The zero-order valence-electron chi connectivity index (χ0n) is 21.9. The van der Waals surface area contributed by atoms with Crippen molar-refractivity contribution >= 4 is 44.7 Å². The van der Waals surface area contributed by atoms with Crippen molar-refractivity contribution in [3.05, 3.63) is 60.2 Å². The monoisotopic (exact) mass is 610 g/mol. The van der Waals surface area contributed by atoms with Crippen LogP contribution in [0.25, 0.3) is 11.0 Å². The lowest BCUT2D eigenvalue weighted by atomic mass is 9.70. The predicted molar refractivity (Wildman–Crippen MR) is 148 cm³/mol. The van der Waals surface area contributed by atoms with Gasteiger partial charge in [-0.15, -0.1) is 5.10 Å². The summed E-state index contributed by atoms with van der Waals surface area (Å²) in [5.41, 5.74) is 0.896. The first-order valence-electron chi connectivity index (χ1n) is 13.5. The van der Waals surface area contributed by atoms with Gasteiger partial charge in [-0.05, 0) is 30.5 Å². The van der Waals surface area contributed by atoms with Crippen LogP contribution in [0, 0.1) is 11.8 Å². The maximum Gasteiger partial charge on any atom is 0.247 e. The summed E-state index contributed by atoms with van der Waals surface area (Å²) < 4.78 is 8.11. The number of aliphatic hydroxyl groups is 1. The molecule has 210 valence electrons. The van der Waals surface area contributed by atoms with Gasteiger partial charge in [0.1, 0.15) is 23.8 Å². The van der Waals surface area contributed by atoms with Gasteiger partial charge in [-0.1, -0.05) is 70.5 Å². The van der Waals surface area contributed by atoms with Crippen molar-refractivity contribution < 1.29 is 24.2 Å². The molecule has 40 heavy (non-hydrogen) atoms. The second-order valence-electron chi connectivity index (χ2n) is 10.6. The minimum Gasteiger partial charge on any atom is -0.394 e. The van der Waals surface area contributed by atoms with E-state index < -0.39 is 48.1 Å². The smallest absolute Gasteiger partial charge is 0.247 e. The lowest BCUT2D eigenvalue weighted by Crippen LogP contribution is -2.56. The molecule has 3 aromatic rings. The van der Waals surface area contributed by atoms with Crippen LogP contribution < -0.4 is 10.6 Å². The van der Waals surface area contributed by atoms with Crippen molar-refractivity contribution in [2.75, 3.05) is 13.2 Å². The van der Waals surface area contributed by atoms with Gasteiger partial charge in [-0.3, -0.25) is 14.4 Å². The maximum absolute atomic E-state index is 14.3. The lowest BCUT2D eigenvalue weighted by Gasteiger charge is -2.37. The number of carbonyl (C=O) groups is 3. The van der Waals surface area contributed by atoms with Crippen LogP contribution in [0.3, 0.4) is 0 Å². The van der Waals surface area contributed by atoms with Crippen molar-refractivity contribution in [1.82, 2.24) is 30.5 Å². The van der Waals surface area contributed by atoms with Crippen LogP contribution >= 0.6 is 15.9 Å². The van der Waals surface area contributed by atoms with Gasteiger partial charge in [0, 0.05) is 11.4 Å². The minimum atomic E-state index is -1.24. The van der Waals surface area contributed by atoms with Crippen molar-refractivity contribution in [2.45, 2.75) is 55.0 Å². The Balaban J connectivity index is 1.38. The molecule has 2 aromatic carbocycles. The number of carbonyl (C=O) groups excluding carboxylic acids is 3. The fraction of sp³-hybridized carbons (Fsp3) is 0.464. The highest BCUT2D eigenvalue weighted by Crippen LogP contribution is 2.61. The first-order chi connectivity index (χ1) is 19.4. The first-order valence-corrected chi connectivity index (χ1v) is 14.5. The third-order valence-corrected chi connectivity index (χ3v) is 9.19. The molecule has 3 N–H and O–H groups in total. The van der Waals surface area contributed by atoms with E-state index in [0.29, 0.717) is 24.0 Å². The Hall–Kier alpha value is -3.35. The van der Waals surface area contributed by atoms with E-state index in [2.05, 4.69) is 36.9 Å². The van der Waals surface area contributed by atoms with E-state index in [4.69, 9.17) is 4.74 Å². The number of hydrogen-bond donors (Lipinski definition) is 3. The molecule has 4 heterocycles. The molecule has 11 nitrogen and oxygen atoms in total. The normalized spacial score (nSPS) is 29.5. The van der Waals surface area contributed by atoms with Gasteiger partial charge in [-0.2, -0.15) is 0 Å². The van der Waals surface area contributed by atoms with Crippen LogP contribution in [0.15, 0.2) is 54.6 Å². The van der Waals surface area contributed by atoms with Crippen molar-refractivity contribution in [2.24, 2.45) is 11.8 Å². The predicted octanol–water partition coefficient (Wildman–Crippen LogP) is 1.51. The van der Waals surface area contributed by atoms with Crippen LogP contribution in [0.1, 0.15) is 31.4 Å². The Bertz CT molecular complexity index is 1430. The number of para-hydroxylation sites is 1. The molecule has 1 aromatic heterocycles. The fourth-order valence-corrected chi connectivity index (χ4v) is 7.62. The van der Waals surface area contributed by atoms with Gasteiger partial charge in [-0.25, -0.2) is 4.68 Å². The Labute approximate surface area is 239 Å². The molecule has 3 unspecified atom stereocenters. The zero-order chi connectivity index (χ0) is 28.0. The number of nitrogens with one attached hydrogen (secondary N) is 2. The zero-order valence-corrected chi connectivity index (χ0v) is 23.5. The summed E-state index contributed by atoms with van der Waals surface area (Å²) >= 11 is 3.68. The standard InChI is InChI=1S/C28H31BrN6O5/c1-2-12-30-25(37)21-22-27(39)35(20(14-36)16-8-4-3-5-9-16)24(28(22)13-17(29)23(21)40-28)26(38)31-15-34-19-11-7-6-10-18(19)32-33-34/h3-11,17,20-24,36H,2,12-15H2,1H3,(H,30,37)(H,31,38)/t17?,20-,21-,22+,23-,24?,28?/m1/s1. The number of halogens is 1. The molecule has 0 saturated carbocycles. The molecule has 6 rings (SSSR count). The van der Waals surface area contributed by atoms with Crippen molar-refractivity contribution in [3.63, 3.8) is 0 Å². The SMILES string of the molecule is CCCNC(=O)[C@H]1[C@@H]2OC3(CC2Br)C(C(=O)NCn2nnc4ccccc42)N([C@H](CO)c2ccccc2)C(=O)[C@H]13. The number of ether oxygens (including phenoxy) is 1. The third kappa shape index (κ3) is 4.11. The Morgan fingerprint density at radius 3 is 2.65 bits per heavy atom. The highest BCUT2D eigenvalue weighted by molar-refractivity contribution is 9.09. The summed E-state index contributed by atoms with van der Waals surface area (Å²) in [6.45, 7) is 2.06. The van der Waals surface area contributed by atoms with Gasteiger partial charge in [0.2, 0.25) is 17.7 Å². The van der Waals surface area contributed by atoms with Crippen molar-refractivity contribution in [3.8, 4) is 0 Å². The number of amides is 3. The maximum atomic E-state index is 14.3. The second kappa shape index (κ2) is 10.6. The fourth-order valence-electron chi connectivity index (χ4n) is 6.68. The molecule has 0 aliphatic carbocycles. The highest BCUT2D eigenvalue weighted by atomic mass is 79.9. The molecule has 3 aliphatic rings. The van der Waals surface area contributed by atoms with E-state index in [-0.39, 0.29) is 23.3 Å². The largest absolute Gasteiger partial charge is 0.394 e. The van der Waals surface area contributed by atoms with E-state index in [0.717, 1.165) is 11.9 Å². The number of nitrogens with zero attached hydrogens (tertiary/aromatic N) is 4. The van der Waals surface area contributed by atoms with E-state index >= 15 is 0 Å². The number of aromatic nitrogens is 3. The minimum absolute atomic E-state index is 0.0232. The van der Waals surface area contributed by atoms with Crippen molar-refractivity contribution in [1.29, 1.82) is 0 Å². The molecule has 3 saturated heterocycles. The molecule has 2 bridgehead atoms. The summed E-state index contributed by atoms with van der Waals surface area (Å²) in [6.07, 6.45) is 0.575. The van der Waals surface area contributed by atoms with Gasteiger partial charge in [0.15, 0.2) is 0 Å². The molecular weight excluding hydrogens is 580 g/mol. The number of aliphatic hydroxyl groups excluding tert-OH is 1. The van der Waals surface area contributed by atoms with Crippen LogP contribution in [-0.4, -0.2) is 78.4 Å². The quantitative estimate of drug-likeness (QED) is 0.312. The van der Waals surface area contributed by atoms with Crippen LogP contribution in [0.4, 0.5) is 0 Å². The molecule has 7 atom stereocenters. The Morgan fingerprint density at radius 1 is 1.15 bits per heavy atom. The van der Waals surface area contributed by atoms with Crippen LogP contribution in [-0.2, 0) is 25.8 Å². The number of rotatable bonds is 9.